The number of amides is 1. The molecule has 0 saturated heterocycles. The quantitative estimate of drug-likeness (QED) is 0.290. The summed E-state index contributed by atoms with van der Waals surface area (Å²) in [6, 6.07) is 32.3. The standard InChI is InChI=1S/C30H25N3OS/c1-2-28(30(34)33-18-17-23-15-9-10-16-27(23)33)35-29-25(20-31)24(21-11-5-3-6-12-21)19-26(32-29)22-13-7-4-8-14-22/h3-16,19,28H,2,17-18H2,1H3. The number of carbonyl (C=O) groups is 1. The first kappa shape index (κ1) is 22.9. The van der Waals surface area contributed by atoms with Gasteiger partial charge in [-0.15, -0.1) is 0 Å². The summed E-state index contributed by atoms with van der Waals surface area (Å²) in [6.07, 6.45) is 1.51. The molecule has 172 valence electrons. The van der Waals surface area contributed by atoms with Gasteiger partial charge in [-0.05, 0) is 36.1 Å². The summed E-state index contributed by atoms with van der Waals surface area (Å²) in [5, 5.41) is 10.4. The topological polar surface area (TPSA) is 57.0 Å². The highest BCUT2D eigenvalue weighted by Gasteiger charge is 2.31. The van der Waals surface area contributed by atoms with Crippen molar-refractivity contribution in [3.63, 3.8) is 0 Å². The smallest absolute Gasteiger partial charge is 0.240 e. The van der Waals surface area contributed by atoms with Gasteiger partial charge in [-0.2, -0.15) is 5.26 Å². The Kier molecular flexibility index (Phi) is 6.65. The van der Waals surface area contributed by atoms with Crippen molar-refractivity contribution in [2.45, 2.75) is 30.0 Å². The van der Waals surface area contributed by atoms with Crippen LogP contribution in [0.4, 0.5) is 5.69 Å². The van der Waals surface area contributed by atoms with Crippen LogP contribution >= 0.6 is 11.8 Å². The Hall–Kier alpha value is -3.88. The fourth-order valence-corrected chi connectivity index (χ4v) is 5.59. The summed E-state index contributed by atoms with van der Waals surface area (Å²) in [4.78, 5) is 20.4. The van der Waals surface area contributed by atoms with Gasteiger partial charge in [0.1, 0.15) is 11.1 Å². The van der Waals surface area contributed by atoms with Crippen LogP contribution in [0, 0.1) is 11.3 Å². The van der Waals surface area contributed by atoms with E-state index in [-0.39, 0.29) is 11.2 Å². The van der Waals surface area contributed by atoms with E-state index in [4.69, 9.17) is 4.98 Å². The third-order valence-corrected chi connectivity index (χ3v) is 7.64. The fourth-order valence-electron chi connectivity index (χ4n) is 4.50. The normalized spacial score (nSPS) is 13.2. The number of rotatable bonds is 6. The molecule has 1 aromatic heterocycles. The van der Waals surface area contributed by atoms with Gasteiger partial charge in [0.15, 0.2) is 0 Å². The number of para-hydroxylation sites is 1. The third kappa shape index (κ3) is 4.58. The lowest BCUT2D eigenvalue weighted by Gasteiger charge is -2.23. The molecule has 2 heterocycles. The van der Waals surface area contributed by atoms with Crippen molar-refractivity contribution >= 4 is 23.4 Å². The number of anilines is 1. The molecule has 1 aliphatic rings. The van der Waals surface area contributed by atoms with E-state index in [9.17, 15) is 10.1 Å². The molecule has 1 aliphatic heterocycles. The Bertz CT molecular complexity index is 1400. The van der Waals surface area contributed by atoms with Crippen molar-refractivity contribution in [1.82, 2.24) is 4.98 Å². The predicted molar refractivity (Wildman–Crippen MR) is 142 cm³/mol. The molecule has 1 unspecified atom stereocenters. The van der Waals surface area contributed by atoms with Gasteiger partial charge >= 0.3 is 0 Å². The molecule has 0 aliphatic carbocycles. The highest BCUT2D eigenvalue weighted by Crippen LogP contribution is 2.38. The van der Waals surface area contributed by atoms with E-state index in [2.05, 4.69) is 12.1 Å². The summed E-state index contributed by atoms with van der Waals surface area (Å²) >= 11 is 1.40. The number of nitriles is 1. The lowest BCUT2D eigenvalue weighted by atomic mass is 9.99. The first-order valence-corrected chi connectivity index (χ1v) is 12.7. The molecule has 0 bridgehead atoms. The van der Waals surface area contributed by atoms with Crippen LogP contribution in [-0.4, -0.2) is 22.7 Å². The minimum atomic E-state index is -0.338. The van der Waals surface area contributed by atoms with E-state index in [1.807, 2.05) is 96.8 Å². The zero-order valence-corrected chi connectivity index (χ0v) is 20.3. The highest BCUT2D eigenvalue weighted by atomic mass is 32.2. The van der Waals surface area contributed by atoms with Gasteiger partial charge in [-0.25, -0.2) is 4.98 Å². The molecule has 0 N–H and O–H groups in total. The molecule has 0 fully saturated rings. The third-order valence-electron chi connectivity index (χ3n) is 6.31. The van der Waals surface area contributed by atoms with Crippen molar-refractivity contribution in [3.05, 3.63) is 102 Å². The Labute approximate surface area is 210 Å². The molecule has 4 aromatic rings. The van der Waals surface area contributed by atoms with Crippen LogP contribution in [0.25, 0.3) is 22.4 Å². The summed E-state index contributed by atoms with van der Waals surface area (Å²) in [5.74, 6) is 0.0690. The predicted octanol–water partition coefficient (Wildman–Crippen LogP) is 6.75. The van der Waals surface area contributed by atoms with Gasteiger partial charge in [-0.3, -0.25) is 4.79 Å². The Morgan fingerprint density at radius 1 is 1.00 bits per heavy atom. The molecule has 1 amide bonds. The number of hydrogen-bond donors (Lipinski definition) is 0. The fraction of sp³-hybridized carbons (Fsp3) is 0.167. The Balaban J connectivity index is 1.56. The summed E-state index contributed by atoms with van der Waals surface area (Å²) in [5.41, 5.74) is 6.26. The Morgan fingerprint density at radius 2 is 1.66 bits per heavy atom. The molecular weight excluding hydrogens is 450 g/mol. The largest absolute Gasteiger partial charge is 0.311 e. The first-order chi connectivity index (χ1) is 17.2. The van der Waals surface area contributed by atoms with Crippen LogP contribution in [-0.2, 0) is 11.2 Å². The second-order valence-electron chi connectivity index (χ2n) is 8.46. The maximum absolute atomic E-state index is 13.6. The molecule has 35 heavy (non-hydrogen) atoms. The van der Waals surface area contributed by atoms with Gasteiger partial charge in [0.05, 0.1) is 16.5 Å². The summed E-state index contributed by atoms with van der Waals surface area (Å²) < 4.78 is 0. The van der Waals surface area contributed by atoms with Gasteiger partial charge in [0.25, 0.3) is 0 Å². The van der Waals surface area contributed by atoms with E-state index < -0.39 is 0 Å². The second-order valence-corrected chi connectivity index (χ2v) is 9.65. The maximum Gasteiger partial charge on any atom is 0.240 e. The van der Waals surface area contributed by atoms with Crippen molar-refractivity contribution < 1.29 is 4.79 Å². The van der Waals surface area contributed by atoms with Crippen LogP contribution in [0.1, 0.15) is 24.5 Å². The molecular formula is C30H25N3OS. The summed E-state index contributed by atoms with van der Waals surface area (Å²) in [6.45, 7) is 2.70. The number of hydrogen-bond acceptors (Lipinski definition) is 4. The van der Waals surface area contributed by atoms with E-state index >= 15 is 0 Å². The number of nitrogens with zero attached hydrogens (tertiary/aromatic N) is 3. The number of thioether (sulfide) groups is 1. The van der Waals surface area contributed by atoms with Crippen molar-refractivity contribution in [3.8, 4) is 28.5 Å². The lowest BCUT2D eigenvalue weighted by molar-refractivity contribution is -0.118. The maximum atomic E-state index is 13.6. The lowest BCUT2D eigenvalue weighted by Crippen LogP contribution is -2.36. The molecule has 4 nitrogen and oxygen atoms in total. The number of aromatic nitrogens is 1. The zero-order valence-electron chi connectivity index (χ0n) is 19.5. The van der Waals surface area contributed by atoms with Crippen molar-refractivity contribution in [1.29, 1.82) is 5.26 Å². The number of fused-ring (bicyclic) bond motifs is 1. The van der Waals surface area contributed by atoms with Crippen LogP contribution in [0.15, 0.2) is 96.0 Å². The minimum Gasteiger partial charge on any atom is -0.311 e. The van der Waals surface area contributed by atoms with Crippen LogP contribution in [0.5, 0.6) is 0 Å². The van der Waals surface area contributed by atoms with Gasteiger partial charge < -0.3 is 4.90 Å². The van der Waals surface area contributed by atoms with Crippen LogP contribution in [0.3, 0.4) is 0 Å². The van der Waals surface area contributed by atoms with E-state index in [0.29, 0.717) is 23.6 Å². The first-order valence-electron chi connectivity index (χ1n) is 11.8. The van der Waals surface area contributed by atoms with E-state index in [0.717, 1.165) is 34.5 Å². The SMILES string of the molecule is CCC(Sc1nc(-c2ccccc2)cc(-c2ccccc2)c1C#N)C(=O)N1CCc2ccccc21. The van der Waals surface area contributed by atoms with Gasteiger partial charge in [-0.1, -0.05) is 97.5 Å². The highest BCUT2D eigenvalue weighted by molar-refractivity contribution is 8.00. The molecule has 5 rings (SSSR count). The molecule has 0 radical (unpaired) electrons. The number of pyridine rings is 1. The number of benzene rings is 3. The molecule has 3 aromatic carbocycles. The zero-order chi connectivity index (χ0) is 24.2. The Morgan fingerprint density at radius 3 is 2.34 bits per heavy atom. The van der Waals surface area contributed by atoms with Gasteiger partial charge in [0.2, 0.25) is 5.91 Å². The average Bonchev–Trinajstić information content (AvgIpc) is 3.36. The summed E-state index contributed by atoms with van der Waals surface area (Å²) in [7, 11) is 0. The number of carbonyl (C=O) groups excluding carboxylic acids is 1. The van der Waals surface area contributed by atoms with E-state index in [1.165, 1.54) is 17.3 Å². The molecule has 1 atom stereocenters. The van der Waals surface area contributed by atoms with E-state index in [1.54, 1.807) is 0 Å². The van der Waals surface area contributed by atoms with Gasteiger partial charge in [0, 0.05) is 23.4 Å². The van der Waals surface area contributed by atoms with Crippen LogP contribution in [0.2, 0.25) is 0 Å². The molecule has 5 heteroatoms. The van der Waals surface area contributed by atoms with Crippen molar-refractivity contribution in [2.75, 3.05) is 11.4 Å². The monoisotopic (exact) mass is 475 g/mol. The minimum absolute atomic E-state index is 0.0690. The molecule has 0 spiro atoms. The molecule has 0 saturated carbocycles. The van der Waals surface area contributed by atoms with Crippen molar-refractivity contribution in [2.24, 2.45) is 0 Å². The second kappa shape index (κ2) is 10.2. The average molecular weight is 476 g/mol. The van der Waals surface area contributed by atoms with Crippen LogP contribution < -0.4 is 4.90 Å².